The molecule has 0 aromatic rings. The highest BCUT2D eigenvalue weighted by Crippen LogP contribution is 1.95. The highest BCUT2D eigenvalue weighted by molar-refractivity contribution is 5.92. The summed E-state index contributed by atoms with van der Waals surface area (Å²) in [7, 11) is 0. The Morgan fingerprint density at radius 1 is 0.688 bits per heavy atom. The Balaban J connectivity index is 2.52. The van der Waals surface area contributed by atoms with Crippen LogP contribution in [0.25, 0.3) is 0 Å². The summed E-state index contributed by atoms with van der Waals surface area (Å²) in [4.78, 5) is 11.4. The van der Waals surface area contributed by atoms with E-state index in [4.69, 9.17) is 0 Å². The van der Waals surface area contributed by atoms with Gasteiger partial charge in [-0.1, -0.05) is 19.7 Å². The van der Waals surface area contributed by atoms with Crippen LogP contribution in [-0.2, 0) is 4.79 Å². The maximum atomic E-state index is 11.4. The van der Waals surface area contributed by atoms with Gasteiger partial charge in [0, 0.05) is 37.6 Å². The molecule has 0 saturated carbocycles. The lowest BCUT2D eigenvalue weighted by atomic mass is 10.3. The van der Waals surface area contributed by atoms with Crippen LogP contribution in [0.5, 0.6) is 0 Å². The van der Waals surface area contributed by atoms with E-state index < -0.39 is 0 Å². The largest absolute Gasteiger partial charge is 0.382 e. The fourth-order valence-corrected chi connectivity index (χ4v) is 1.22. The van der Waals surface area contributed by atoms with Crippen molar-refractivity contribution in [2.75, 3.05) is 26.2 Å². The van der Waals surface area contributed by atoms with Crippen molar-refractivity contribution in [2.45, 2.75) is 0 Å². The molecule has 0 spiro atoms. The van der Waals surface area contributed by atoms with Crippen LogP contribution < -0.4 is 21.3 Å². The van der Waals surface area contributed by atoms with Crippen molar-refractivity contribution in [1.82, 2.24) is 21.3 Å². The minimum atomic E-state index is -0.174. The number of hydrogen-bond acceptors (Lipinski definition) is 4. The zero-order chi connectivity index (χ0) is 12.0. The molecule has 0 bridgehead atoms. The van der Waals surface area contributed by atoms with Gasteiger partial charge in [-0.3, -0.25) is 4.79 Å². The average Bonchev–Trinajstić information content (AvgIpc) is 2.27. The van der Waals surface area contributed by atoms with Gasteiger partial charge in [-0.25, -0.2) is 0 Å². The molecule has 88 valence electrons. The summed E-state index contributed by atoms with van der Waals surface area (Å²) in [6.07, 6.45) is 0. The van der Waals surface area contributed by atoms with Crippen molar-refractivity contribution in [3.63, 3.8) is 0 Å². The number of carbonyl (C=O) groups is 1. The maximum Gasteiger partial charge on any atom is 0.266 e. The minimum absolute atomic E-state index is 0.174. The summed E-state index contributed by atoms with van der Waals surface area (Å²) in [5.74, 6) is -0.174. The third-order valence-corrected chi connectivity index (χ3v) is 2.19. The molecule has 1 saturated heterocycles. The summed E-state index contributed by atoms with van der Waals surface area (Å²) >= 11 is 0. The Kier molecular flexibility index (Phi) is 4.44. The van der Waals surface area contributed by atoms with Gasteiger partial charge in [0.2, 0.25) is 0 Å². The van der Waals surface area contributed by atoms with Crippen LogP contribution in [0.1, 0.15) is 0 Å². The zero-order valence-electron chi connectivity index (χ0n) is 9.36. The number of hydrogen-bond donors (Lipinski definition) is 4. The summed E-state index contributed by atoms with van der Waals surface area (Å²) < 4.78 is 0. The highest BCUT2D eigenvalue weighted by atomic mass is 16.2. The lowest BCUT2D eigenvalue weighted by molar-refractivity contribution is -0.117. The average molecular weight is 222 g/mol. The van der Waals surface area contributed by atoms with Gasteiger partial charge in [0.1, 0.15) is 0 Å². The first-order chi connectivity index (χ1) is 7.61. The van der Waals surface area contributed by atoms with Crippen LogP contribution in [0.4, 0.5) is 0 Å². The van der Waals surface area contributed by atoms with Crippen molar-refractivity contribution in [3.8, 4) is 0 Å². The first-order valence-electron chi connectivity index (χ1n) is 5.18. The van der Waals surface area contributed by atoms with E-state index in [0.717, 1.165) is 11.4 Å². The summed E-state index contributed by atoms with van der Waals surface area (Å²) in [5, 5.41) is 11.8. The molecule has 1 aliphatic rings. The molecule has 0 aromatic heterocycles. The number of carbonyl (C=O) groups excluding carboxylic acids is 1. The van der Waals surface area contributed by atoms with E-state index in [9.17, 15) is 4.79 Å². The van der Waals surface area contributed by atoms with Gasteiger partial charge in [0.15, 0.2) is 0 Å². The van der Waals surface area contributed by atoms with E-state index in [2.05, 4.69) is 41.0 Å². The molecular weight excluding hydrogens is 204 g/mol. The smallest absolute Gasteiger partial charge is 0.266 e. The number of amides is 1. The second kappa shape index (κ2) is 5.85. The summed E-state index contributed by atoms with van der Waals surface area (Å²) in [6, 6.07) is 0. The van der Waals surface area contributed by atoms with E-state index >= 15 is 0 Å². The van der Waals surface area contributed by atoms with Crippen LogP contribution >= 0.6 is 0 Å². The normalized spacial score (nSPS) is 19.5. The topological polar surface area (TPSA) is 65.2 Å². The summed E-state index contributed by atoms with van der Waals surface area (Å²) in [5.41, 5.74) is 1.89. The molecule has 0 aromatic carbocycles. The van der Waals surface area contributed by atoms with Crippen LogP contribution in [0.2, 0.25) is 0 Å². The molecular formula is C11H18N4O. The Bertz CT molecular complexity index is 258. The van der Waals surface area contributed by atoms with Gasteiger partial charge >= 0.3 is 0 Å². The van der Waals surface area contributed by atoms with E-state index in [1.165, 1.54) is 0 Å². The minimum Gasteiger partial charge on any atom is -0.382 e. The Morgan fingerprint density at radius 2 is 1.06 bits per heavy atom. The van der Waals surface area contributed by atoms with E-state index in [1.54, 1.807) is 0 Å². The van der Waals surface area contributed by atoms with Crippen LogP contribution in [0.15, 0.2) is 36.8 Å². The highest BCUT2D eigenvalue weighted by Gasteiger charge is 2.07. The Labute approximate surface area is 95.7 Å². The Hall–Kier alpha value is -1.91. The monoisotopic (exact) mass is 222 g/mol. The van der Waals surface area contributed by atoms with Gasteiger partial charge in [-0.2, -0.15) is 0 Å². The molecule has 1 fully saturated rings. The van der Waals surface area contributed by atoms with E-state index in [1.807, 2.05) is 0 Å². The van der Waals surface area contributed by atoms with Crippen molar-refractivity contribution in [2.24, 2.45) is 0 Å². The van der Waals surface area contributed by atoms with Crippen LogP contribution in [0.3, 0.4) is 0 Å². The van der Waals surface area contributed by atoms with Crippen molar-refractivity contribution in [1.29, 1.82) is 0 Å². The fourth-order valence-electron chi connectivity index (χ4n) is 1.22. The molecule has 1 rings (SSSR count). The molecule has 16 heavy (non-hydrogen) atoms. The molecule has 0 atom stereocenters. The molecule has 1 aliphatic heterocycles. The van der Waals surface area contributed by atoms with Crippen molar-refractivity contribution >= 4 is 5.91 Å². The van der Waals surface area contributed by atoms with Crippen molar-refractivity contribution < 1.29 is 4.79 Å². The molecule has 0 aliphatic carbocycles. The second-order valence-corrected chi connectivity index (χ2v) is 3.47. The first kappa shape index (κ1) is 12.2. The predicted molar refractivity (Wildman–Crippen MR) is 64.4 cm³/mol. The third-order valence-electron chi connectivity index (χ3n) is 2.19. The zero-order valence-corrected chi connectivity index (χ0v) is 9.36. The first-order valence-corrected chi connectivity index (χ1v) is 5.18. The van der Waals surface area contributed by atoms with E-state index in [-0.39, 0.29) is 5.91 Å². The SMILES string of the molecule is C=C1NCCNC(=C)C(=O)NCCNC1=C. The van der Waals surface area contributed by atoms with Crippen LogP contribution in [-0.4, -0.2) is 32.1 Å². The lowest BCUT2D eigenvalue weighted by Gasteiger charge is -2.17. The third kappa shape index (κ3) is 3.68. The molecule has 5 heteroatoms. The standard InChI is InChI=1S/C11H18N4O/c1-8-9(2)13-6-7-15-11(16)10(3)14-5-4-12-8/h12-14H,1-7H2,(H,15,16). The summed E-state index contributed by atoms with van der Waals surface area (Å²) in [6.45, 7) is 13.7. The molecule has 0 radical (unpaired) electrons. The van der Waals surface area contributed by atoms with Crippen LogP contribution in [0, 0.1) is 0 Å². The fraction of sp³-hybridized carbons (Fsp3) is 0.364. The van der Waals surface area contributed by atoms with Gasteiger partial charge in [-0.05, 0) is 0 Å². The molecule has 1 amide bonds. The molecule has 4 N–H and O–H groups in total. The molecule has 5 nitrogen and oxygen atoms in total. The number of rotatable bonds is 0. The second-order valence-electron chi connectivity index (χ2n) is 3.47. The number of nitrogens with one attached hydrogen (secondary N) is 4. The maximum absolute atomic E-state index is 11.4. The van der Waals surface area contributed by atoms with Crippen molar-refractivity contribution in [3.05, 3.63) is 36.8 Å². The molecule has 1 heterocycles. The van der Waals surface area contributed by atoms with Gasteiger partial charge in [0.05, 0.1) is 5.70 Å². The van der Waals surface area contributed by atoms with Gasteiger partial charge < -0.3 is 21.3 Å². The predicted octanol–water partition coefficient (Wildman–Crippen LogP) is -0.574. The quantitative estimate of drug-likeness (QED) is 0.414. The Morgan fingerprint density at radius 3 is 1.56 bits per heavy atom. The van der Waals surface area contributed by atoms with Gasteiger partial charge in [0.25, 0.3) is 5.91 Å². The van der Waals surface area contributed by atoms with Gasteiger partial charge in [-0.15, -0.1) is 0 Å². The van der Waals surface area contributed by atoms with E-state index in [0.29, 0.717) is 31.9 Å². The lowest BCUT2D eigenvalue weighted by Crippen LogP contribution is -2.39. The molecule has 0 unspecified atom stereocenters.